The van der Waals surface area contributed by atoms with Gasteiger partial charge in [-0.05, 0) is 43.5 Å². The maximum atomic E-state index is 13.0. The van der Waals surface area contributed by atoms with Crippen LogP contribution >= 0.6 is 11.3 Å². The molecule has 1 amide bonds. The Morgan fingerprint density at radius 2 is 1.85 bits per heavy atom. The molecular formula is C25H23N3O4S. The topological polar surface area (TPSA) is 90.3 Å². The number of anilines is 1. The highest BCUT2D eigenvalue weighted by atomic mass is 32.1. The number of nitrogens with zero attached hydrogens (tertiary/aromatic N) is 2. The molecule has 4 rings (SSSR count). The molecule has 0 aliphatic carbocycles. The molecule has 2 aromatic heterocycles. The van der Waals surface area contributed by atoms with Crippen LogP contribution in [0.1, 0.15) is 31.9 Å². The van der Waals surface area contributed by atoms with Gasteiger partial charge in [0.2, 0.25) is 0 Å². The zero-order valence-corrected chi connectivity index (χ0v) is 19.4. The Morgan fingerprint density at radius 1 is 1.09 bits per heavy atom. The molecule has 0 radical (unpaired) electrons. The van der Waals surface area contributed by atoms with Crippen LogP contribution in [-0.4, -0.2) is 21.4 Å². The number of ether oxygens (including phenoxy) is 1. The molecular weight excluding hydrogens is 438 g/mol. The molecule has 0 aliphatic heterocycles. The molecule has 8 heteroatoms. The largest absolute Gasteiger partial charge is 0.459 e. The number of hydrogen-bond acceptors (Lipinski definition) is 6. The molecule has 0 aliphatic rings. The number of benzene rings is 2. The van der Waals surface area contributed by atoms with Gasteiger partial charge in [0.25, 0.3) is 11.5 Å². The van der Waals surface area contributed by atoms with Gasteiger partial charge in [0, 0.05) is 5.69 Å². The highest BCUT2D eigenvalue weighted by Gasteiger charge is 2.21. The number of amides is 1. The Morgan fingerprint density at radius 3 is 2.58 bits per heavy atom. The quantitative estimate of drug-likeness (QED) is 0.431. The first kappa shape index (κ1) is 22.4. The van der Waals surface area contributed by atoms with E-state index in [9.17, 15) is 14.4 Å². The number of carbonyl (C=O) groups is 2. The first-order chi connectivity index (χ1) is 15.8. The van der Waals surface area contributed by atoms with Gasteiger partial charge in [0.1, 0.15) is 18.0 Å². The van der Waals surface area contributed by atoms with Crippen LogP contribution < -0.4 is 10.9 Å². The molecule has 0 saturated heterocycles. The van der Waals surface area contributed by atoms with Crippen molar-refractivity contribution in [3.05, 3.63) is 92.3 Å². The van der Waals surface area contributed by atoms with Crippen LogP contribution in [0.3, 0.4) is 0 Å². The summed E-state index contributed by atoms with van der Waals surface area (Å²) in [7, 11) is 0. The van der Waals surface area contributed by atoms with Gasteiger partial charge in [-0.2, -0.15) is 0 Å². The van der Waals surface area contributed by atoms with Crippen molar-refractivity contribution < 1.29 is 14.3 Å². The van der Waals surface area contributed by atoms with Crippen molar-refractivity contribution in [1.29, 1.82) is 0 Å². The van der Waals surface area contributed by atoms with Crippen LogP contribution in [0.4, 0.5) is 5.69 Å². The van der Waals surface area contributed by atoms with Crippen LogP contribution in [-0.2, 0) is 22.7 Å². The smallest absolute Gasteiger partial charge is 0.326 e. The summed E-state index contributed by atoms with van der Waals surface area (Å²) in [5.41, 5.74) is 3.80. The molecule has 33 heavy (non-hydrogen) atoms. The van der Waals surface area contributed by atoms with E-state index in [1.807, 2.05) is 62.4 Å². The Kier molecular flexibility index (Phi) is 6.37. The van der Waals surface area contributed by atoms with Gasteiger partial charge < -0.3 is 10.1 Å². The second kappa shape index (κ2) is 9.38. The summed E-state index contributed by atoms with van der Waals surface area (Å²) in [5.74, 6) is -0.835. The molecule has 2 heterocycles. The summed E-state index contributed by atoms with van der Waals surface area (Å²) in [6, 6.07) is 15.1. The second-order valence-electron chi connectivity index (χ2n) is 7.83. The minimum absolute atomic E-state index is 0.129. The highest BCUT2D eigenvalue weighted by Crippen LogP contribution is 2.28. The molecule has 2 aromatic carbocycles. The summed E-state index contributed by atoms with van der Waals surface area (Å²) in [5, 5.41) is 3.25. The number of thiophene rings is 1. The van der Waals surface area contributed by atoms with Gasteiger partial charge in [0.15, 0.2) is 0 Å². The zero-order chi connectivity index (χ0) is 23.5. The van der Waals surface area contributed by atoms with E-state index >= 15 is 0 Å². The summed E-state index contributed by atoms with van der Waals surface area (Å²) in [6.45, 7) is 5.51. The number of aromatic nitrogens is 2. The van der Waals surface area contributed by atoms with Crippen LogP contribution in [0.25, 0.3) is 10.2 Å². The average Bonchev–Trinajstić information content (AvgIpc) is 3.14. The lowest BCUT2D eigenvalue weighted by Gasteiger charge is -2.08. The fourth-order valence-corrected chi connectivity index (χ4v) is 4.58. The molecule has 0 atom stereocenters. The van der Waals surface area contributed by atoms with Crippen LogP contribution in [0.5, 0.6) is 0 Å². The Bertz CT molecular complexity index is 1410. The SMILES string of the molecule is Cc1ccc(NC(=O)c2sc3ncn(CC(=O)OCc4ccccc4)c(=O)c3c2C)c(C)c1. The van der Waals surface area contributed by atoms with Gasteiger partial charge in [-0.25, -0.2) is 4.98 Å². The Hall–Kier alpha value is -3.78. The third kappa shape index (κ3) is 4.85. The molecule has 1 N–H and O–H groups in total. The Balaban J connectivity index is 1.54. The van der Waals surface area contributed by atoms with Gasteiger partial charge in [0.05, 0.1) is 16.6 Å². The molecule has 0 unspecified atom stereocenters. The van der Waals surface area contributed by atoms with Crippen molar-refractivity contribution in [3.8, 4) is 0 Å². The van der Waals surface area contributed by atoms with E-state index in [0.29, 0.717) is 26.3 Å². The second-order valence-corrected chi connectivity index (χ2v) is 8.83. The standard InChI is InChI=1S/C25H23N3O4S/c1-15-9-10-19(16(2)11-15)27-23(30)22-17(3)21-24(33-22)26-14-28(25(21)31)12-20(29)32-13-18-7-5-4-6-8-18/h4-11,14H,12-13H2,1-3H3,(H,27,30). The number of nitrogens with one attached hydrogen (secondary N) is 1. The lowest BCUT2D eigenvalue weighted by Crippen LogP contribution is -2.25. The van der Waals surface area contributed by atoms with Crippen molar-refractivity contribution >= 4 is 39.1 Å². The molecule has 0 spiro atoms. The maximum absolute atomic E-state index is 13.0. The molecule has 4 aromatic rings. The first-order valence-corrected chi connectivity index (χ1v) is 11.2. The van der Waals surface area contributed by atoms with E-state index in [1.165, 1.54) is 10.9 Å². The van der Waals surface area contributed by atoms with Crippen molar-refractivity contribution in [2.24, 2.45) is 0 Å². The lowest BCUT2D eigenvalue weighted by molar-refractivity contribution is -0.145. The number of fused-ring (bicyclic) bond motifs is 1. The summed E-state index contributed by atoms with van der Waals surface area (Å²) in [6.07, 6.45) is 1.32. The average molecular weight is 462 g/mol. The summed E-state index contributed by atoms with van der Waals surface area (Å²) < 4.78 is 6.48. The van der Waals surface area contributed by atoms with Gasteiger partial charge in [-0.3, -0.25) is 19.0 Å². The number of aryl methyl sites for hydroxylation is 3. The summed E-state index contributed by atoms with van der Waals surface area (Å²) in [4.78, 5) is 43.4. The van der Waals surface area contributed by atoms with Gasteiger partial charge in [-0.1, -0.05) is 48.0 Å². The fraction of sp³-hybridized carbons (Fsp3) is 0.200. The molecule has 0 fully saturated rings. The minimum Gasteiger partial charge on any atom is -0.459 e. The van der Waals surface area contributed by atoms with E-state index in [2.05, 4.69) is 10.3 Å². The Labute approximate surface area is 194 Å². The van der Waals surface area contributed by atoms with Crippen LogP contribution in [0, 0.1) is 20.8 Å². The predicted octanol–water partition coefficient (Wildman–Crippen LogP) is 4.38. The van der Waals surface area contributed by atoms with Crippen molar-refractivity contribution in [1.82, 2.24) is 9.55 Å². The number of hydrogen-bond donors (Lipinski definition) is 1. The third-order valence-electron chi connectivity index (χ3n) is 5.30. The van der Waals surface area contributed by atoms with E-state index in [0.717, 1.165) is 28.0 Å². The van der Waals surface area contributed by atoms with Gasteiger partial charge in [-0.15, -0.1) is 11.3 Å². The van der Waals surface area contributed by atoms with Gasteiger partial charge >= 0.3 is 5.97 Å². The number of esters is 1. The van der Waals surface area contributed by atoms with E-state index in [-0.39, 0.29) is 24.6 Å². The monoisotopic (exact) mass is 461 g/mol. The molecule has 0 saturated carbocycles. The fourth-order valence-electron chi connectivity index (χ4n) is 3.54. The number of carbonyl (C=O) groups excluding carboxylic acids is 2. The number of rotatable bonds is 6. The highest BCUT2D eigenvalue weighted by molar-refractivity contribution is 7.20. The van der Waals surface area contributed by atoms with E-state index in [4.69, 9.17) is 4.74 Å². The van der Waals surface area contributed by atoms with Crippen molar-refractivity contribution in [2.45, 2.75) is 33.9 Å². The summed E-state index contributed by atoms with van der Waals surface area (Å²) >= 11 is 1.16. The lowest BCUT2D eigenvalue weighted by atomic mass is 10.1. The first-order valence-electron chi connectivity index (χ1n) is 10.4. The molecule has 7 nitrogen and oxygen atoms in total. The van der Waals surface area contributed by atoms with E-state index < -0.39 is 5.97 Å². The zero-order valence-electron chi connectivity index (χ0n) is 18.5. The van der Waals surface area contributed by atoms with Crippen LogP contribution in [0.2, 0.25) is 0 Å². The predicted molar refractivity (Wildman–Crippen MR) is 129 cm³/mol. The third-order valence-corrected chi connectivity index (χ3v) is 6.49. The van der Waals surface area contributed by atoms with Crippen LogP contribution in [0.15, 0.2) is 59.7 Å². The maximum Gasteiger partial charge on any atom is 0.326 e. The minimum atomic E-state index is -0.539. The van der Waals surface area contributed by atoms with E-state index in [1.54, 1.807) is 6.92 Å². The van der Waals surface area contributed by atoms with Crippen molar-refractivity contribution in [3.63, 3.8) is 0 Å². The molecule has 168 valence electrons. The van der Waals surface area contributed by atoms with Crippen molar-refractivity contribution in [2.75, 3.05) is 5.32 Å². The normalized spacial score (nSPS) is 10.9. The molecule has 0 bridgehead atoms.